The lowest BCUT2D eigenvalue weighted by atomic mass is 10.3. The van der Waals surface area contributed by atoms with Gasteiger partial charge in [-0.3, -0.25) is 13.8 Å². The molecule has 0 aliphatic rings. The number of anilines is 3. The van der Waals surface area contributed by atoms with Crippen LogP contribution in [0.1, 0.15) is 0 Å². The molecule has 0 heterocycles. The fourth-order valence-corrected chi connectivity index (χ4v) is 5.12. The van der Waals surface area contributed by atoms with Crippen LogP contribution in [-0.4, -0.2) is 35.5 Å². The molecule has 0 spiro atoms. The second-order valence-corrected chi connectivity index (χ2v) is 11.5. The first-order valence-electron chi connectivity index (χ1n) is 9.46. The smallest absolute Gasteiger partial charge is 0.261 e. The molecule has 1 amide bonds. The van der Waals surface area contributed by atoms with Gasteiger partial charge >= 0.3 is 0 Å². The van der Waals surface area contributed by atoms with Crippen LogP contribution in [0.15, 0.2) is 71.6 Å². The third-order valence-electron chi connectivity index (χ3n) is 4.40. The minimum absolute atomic E-state index is 0.0116. The lowest BCUT2D eigenvalue weighted by Gasteiger charge is -2.22. The predicted octanol–water partition coefficient (Wildman–Crippen LogP) is 4.34. The Hall–Kier alpha value is -2.86. The standard InChI is InChI=1S/C21H18Cl2FN3O5S2/c1-33(29,30)27(17-7-10-20(24)19(23)12-17)13-21(28)25-15-5-8-18(9-6-15)34(31,32)26-16-4-2-3-14(22)11-16/h2-12,26H,13H2,1H3,(H,25,28). The minimum atomic E-state index is -3.91. The van der Waals surface area contributed by atoms with Crippen molar-refractivity contribution in [1.29, 1.82) is 0 Å². The van der Waals surface area contributed by atoms with Crippen LogP contribution < -0.4 is 14.3 Å². The van der Waals surface area contributed by atoms with Crippen LogP contribution >= 0.6 is 23.2 Å². The molecule has 0 unspecified atom stereocenters. The average Bonchev–Trinajstić information content (AvgIpc) is 2.73. The third-order valence-corrected chi connectivity index (χ3v) is 7.47. The first-order valence-corrected chi connectivity index (χ1v) is 13.5. The van der Waals surface area contributed by atoms with Gasteiger partial charge in [-0.1, -0.05) is 29.3 Å². The summed E-state index contributed by atoms with van der Waals surface area (Å²) in [5, 5.41) is 2.56. The summed E-state index contributed by atoms with van der Waals surface area (Å²) in [5.74, 6) is -1.44. The van der Waals surface area contributed by atoms with Crippen LogP contribution in [0.25, 0.3) is 0 Å². The maximum absolute atomic E-state index is 13.4. The van der Waals surface area contributed by atoms with Gasteiger partial charge in [-0.15, -0.1) is 0 Å². The molecule has 0 aromatic heterocycles. The molecule has 0 saturated carbocycles. The van der Waals surface area contributed by atoms with Gasteiger partial charge in [-0.25, -0.2) is 21.2 Å². The fraction of sp³-hybridized carbons (Fsp3) is 0.0952. The molecule has 8 nitrogen and oxygen atoms in total. The second-order valence-electron chi connectivity index (χ2n) is 7.06. The highest BCUT2D eigenvalue weighted by Gasteiger charge is 2.22. The Morgan fingerprint density at radius 1 is 0.941 bits per heavy atom. The molecular weight excluding hydrogens is 528 g/mol. The molecule has 0 fully saturated rings. The van der Waals surface area contributed by atoms with Crippen molar-refractivity contribution in [2.45, 2.75) is 4.90 Å². The summed E-state index contributed by atoms with van der Waals surface area (Å²) in [6, 6.07) is 14.7. The van der Waals surface area contributed by atoms with E-state index < -0.39 is 38.3 Å². The lowest BCUT2D eigenvalue weighted by Crippen LogP contribution is -2.37. The van der Waals surface area contributed by atoms with Crippen LogP contribution in [-0.2, 0) is 24.8 Å². The molecule has 0 bridgehead atoms. The number of amides is 1. The highest BCUT2D eigenvalue weighted by Crippen LogP contribution is 2.25. The summed E-state index contributed by atoms with van der Waals surface area (Å²) in [5.41, 5.74) is 0.529. The number of halogens is 3. The summed E-state index contributed by atoms with van der Waals surface area (Å²) in [6.07, 6.45) is 0.893. The summed E-state index contributed by atoms with van der Waals surface area (Å²) in [4.78, 5) is 12.4. The molecule has 0 aliphatic heterocycles. The van der Waals surface area contributed by atoms with E-state index >= 15 is 0 Å². The van der Waals surface area contributed by atoms with E-state index in [9.17, 15) is 26.0 Å². The fourth-order valence-electron chi connectivity index (χ4n) is 2.85. The van der Waals surface area contributed by atoms with Gasteiger partial charge in [0.05, 0.1) is 27.5 Å². The van der Waals surface area contributed by atoms with Crippen molar-refractivity contribution >= 4 is 66.2 Å². The summed E-state index contributed by atoms with van der Waals surface area (Å²) in [6.45, 7) is -0.614. The number of sulfonamides is 2. The molecular formula is C21H18Cl2FN3O5S2. The SMILES string of the molecule is CS(=O)(=O)N(CC(=O)Nc1ccc(S(=O)(=O)Nc2cccc(Cl)c2)cc1)c1ccc(F)c(Cl)c1. The van der Waals surface area contributed by atoms with E-state index in [2.05, 4.69) is 10.0 Å². The number of nitrogens with one attached hydrogen (secondary N) is 2. The van der Waals surface area contributed by atoms with Crippen molar-refractivity contribution in [3.63, 3.8) is 0 Å². The molecule has 0 atom stereocenters. The van der Waals surface area contributed by atoms with Crippen molar-refractivity contribution in [2.24, 2.45) is 0 Å². The van der Waals surface area contributed by atoms with Crippen LogP contribution in [0, 0.1) is 5.82 Å². The van der Waals surface area contributed by atoms with Gasteiger partial charge in [0.25, 0.3) is 10.0 Å². The summed E-state index contributed by atoms with van der Waals surface area (Å²) < 4.78 is 66.0. The Morgan fingerprint density at radius 3 is 2.21 bits per heavy atom. The van der Waals surface area contributed by atoms with E-state index in [4.69, 9.17) is 23.2 Å². The predicted molar refractivity (Wildman–Crippen MR) is 131 cm³/mol. The number of carbonyl (C=O) groups is 1. The molecule has 3 rings (SSSR count). The van der Waals surface area contributed by atoms with Crippen molar-refractivity contribution in [2.75, 3.05) is 27.1 Å². The molecule has 34 heavy (non-hydrogen) atoms. The molecule has 0 aliphatic carbocycles. The van der Waals surface area contributed by atoms with E-state index in [0.29, 0.717) is 5.02 Å². The van der Waals surface area contributed by atoms with Gasteiger partial charge in [0.2, 0.25) is 15.9 Å². The Kier molecular flexibility index (Phi) is 7.71. The van der Waals surface area contributed by atoms with Crippen LogP contribution in [0.5, 0.6) is 0 Å². The first-order chi connectivity index (χ1) is 15.8. The average molecular weight is 546 g/mol. The molecule has 0 radical (unpaired) electrons. The number of nitrogens with zero attached hydrogens (tertiary/aromatic N) is 1. The van der Waals surface area contributed by atoms with Crippen LogP contribution in [0.2, 0.25) is 10.0 Å². The number of hydrogen-bond donors (Lipinski definition) is 2. The number of hydrogen-bond acceptors (Lipinski definition) is 5. The first kappa shape index (κ1) is 25.8. The van der Waals surface area contributed by atoms with E-state index in [1.807, 2.05) is 0 Å². The second kappa shape index (κ2) is 10.2. The topological polar surface area (TPSA) is 113 Å². The van der Waals surface area contributed by atoms with E-state index in [0.717, 1.165) is 22.7 Å². The van der Waals surface area contributed by atoms with Crippen molar-refractivity contribution in [3.8, 4) is 0 Å². The third kappa shape index (κ3) is 6.60. The van der Waals surface area contributed by atoms with Gasteiger partial charge in [-0.2, -0.15) is 0 Å². The Labute approximate surface area is 206 Å². The van der Waals surface area contributed by atoms with Crippen molar-refractivity contribution in [3.05, 3.63) is 82.6 Å². The molecule has 3 aromatic carbocycles. The lowest BCUT2D eigenvalue weighted by molar-refractivity contribution is -0.114. The maximum atomic E-state index is 13.4. The minimum Gasteiger partial charge on any atom is -0.325 e. The van der Waals surface area contributed by atoms with Gasteiger partial charge in [0.15, 0.2) is 0 Å². The Morgan fingerprint density at radius 2 is 1.62 bits per heavy atom. The van der Waals surface area contributed by atoms with E-state index in [-0.39, 0.29) is 27.0 Å². The Bertz CT molecular complexity index is 1430. The number of rotatable bonds is 8. The summed E-state index contributed by atoms with van der Waals surface area (Å²) >= 11 is 11.6. The highest BCUT2D eigenvalue weighted by atomic mass is 35.5. The van der Waals surface area contributed by atoms with Gasteiger partial charge in [0, 0.05) is 10.7 Å². The van der Waals surface area contributed by atoms with Crippen molar-refractivity contribution < 1.29 is 26.0 Å². The van der Waals surface area contributed by atoms with Crippen LogP contribution in [0.4, 0.5) is 21.5 Å². The largest absolute Gasteiger partial charge is 0.325 e. The quantitative estimate of drug-likeness (QED) is 0.437. The molecule has 0 saturated heterocycles. The van der Waals surface area contributed by atoms with Gasteiger partial charge < -0.3 is 5.32 Å². The van der Waals surface area contributed by atoms with Gasteiger partial charge in [0.1, 0.15) is 12.4 Å². The van der Waals surface area contributed by atoms with E-state index in [1.54, 1.807) is 18.2 Å². The normalized spacial score (nSPS) is 11.6. The molecule has 180 valence electrons. The van der Waals surface area contributed by atoms with Gasteiger partial charge in [-0.05, 0) is 60.7 Å². The monoisotopic (exact) mass is 545 g/mol. The zero-order chi connectivity index (χ0) is 25.1. The zero-order valence-electron chi connectivity index (χ0n) is 17.5. The van der Waals surface area contributed by atoms with Crippen LogP contribution in [0.3, 0.4) is 0 Å². The number of benzene rings is 3. The molecule has 13 heteroatoms. The maximum Gasteiger partial charge on any atom is 0.261 e. The highest BCUT2D eigenvalue weighted by molar-refractivity contribution is 7.92. The number of carbonyl (C=O) groups excluding carboxylic acids is 1. The zero-order valence-corrected chi connectivity index (χ0v) is 20.6. The van der Waals surface area contributed by atoms with Crippen molar-refractivity contribution in [1.82, 2.24) is 0 Å². The molecule has 2 N–H and O–H groups in total. The van der Waals surface area contributed by atoms with E-state index in [1.165, 1.54) is 36.4 Å². The Balaban J connectivity index is 1.72. The molecule has 3 aromatic rings. The summed E-state index contributed by atoms with van der Waals surface area (Å²) in [7, 11) is -7.81.